The number of amides is 3. The summed E-state index contributed by atoms with van der Waals surface area (Å²) < 4.78 is 11.6. The van der Waals surface area contributed by atoms with Crippen LogP contribution in [0.5, 0.6) is 0 Å². The lowest BCUT2D eigenvalue weighted by atomic mass is 10.2. The summed E-state index contributed by atoms with van der Waals surface area (Å²) in [5.41, 5.74) is 1.12. The lowest BCUT2D eigenvalue weighted by Crippen LogP contribution is -2.56. The van der Waals surface area contributed by atoms with Crippen molar-refractivity contribution in [2.45, 2.75) is 13.0 Å². The van der Waals surface area contributed by atoms with Crippen LogP contribution in [0.15, 0.2) is 36.4 Å². The molecule has 1 saturated heterocycles. The Labute approximate surface area is 189 Å². The Bertz CT molecular complexity index is 1080. The number of hydrogen-bond donors (Lipinski definition) is 4. The Kier molecular flexibility index (Phi) is 7.42. The maximum absolute atomic E-state index is 12.9. The van der Waals surface area contributed by atoms with E-state index in [9.17, 15) is 28.7 Å². The van der Waals surface area contributed by atoms with Crippen LogP contribution >= 0.6 is 7.60 Å². The van der Waals surface area contributed by atoms with Gasteiger partial charge in [-0.15, -0.1) is 0 Å². The molecular formula is C20H24N5O7P. The average Bonchev–Trinajstić information content (AvgIpc) is 2.77. The zero-order valence-corrected chi connectivity index (χ0v) is 18.7. The highest BCUT2D eigenvalue weighted by atomic mass is 31.2. The summed E-state index contributed by atoms with van der Waals surface area (Å²) in [6.07, 6.45) is -2.01. The van der Waals surface area contributed by atoms with Gasteiger partial charge in [0.1, 0.15) is 11.7 Å². The van der Waals surface area contributed by atoms with Gasteiger partial charge in [-0.1, -0.05) is 30.3 Å². The Morgan fingerprint density at radius 1 is 1.06 bits per heavy atom. The van der Waals surface area contributed by atoms with Gasteiger partial charge in [-0.3, -0.25) is 14.2 Å². The highest BCUT2D eigenvalue weighted by Gasteiger charge is 2.34. The maximum atomic E-state index is 12.9. The number of carboxylic acid groups (broad SMARTS) is 1. The van der Waals surface area contributed by atoms with Gasteiger partial charge in [-0.2, -0.15) is 0 Å². The molecule has 0 unspecified atom stereocenters. The van der Waals surface area contributed by atoms with Gasteiger partial charge in [0.25, 0.3) is 5.91 Å². The molecule has 176 valence electrons. The van der Waals surface area contributed by atoms with Crippen LogP contribution in [0.2, 0.25) is 0 Å². The summed E-state index contributed by atoms with van der Waals surface area (Å²) in [7, 11) is -4.67. The van der Waals surface area contributed by atoms with Crippen LogP contribution in [0.3, 0.4) is 0 Å². The first-order chi connectivity index (χ1) is 15.5. The summed E-state index contributed by atoms with van der Waals surface area (Å²) >= 11 is 0. The SMILES string of the molecule is Cc1cc(C(=O)N[C@@H](CP(=O)(O)O)C(=O)N2CCN(C(=O)O)CC2)nc(-c2ccccc2)n1. The predicted octanol–water partition coefficient (Wildman–Crippen LogP) is 0.550. The second-order valence-corrected chi connectivity index (χ2v) is 9.25. The molecule has 12 nitrogen and oxygen atoms in total. The highest BCUT2D eigenvalue weighted by molar-refractivity contribution is 7.51. The summed E-state index contributed by atoms with van der Waals surface area (Å²) in [5, 5.41) is 11.4. The lowest BCUT2D eigenvalue weighted by Gasteiger charge is -2.35. The number of aryl methyl sites for hydroxylation is 1. The number of nitrogens with one attached hydrogen (secondary N) is 1. The molecule has 1 fully saturated rings. The Balaban J connectivity index is 1.80. The highest BCUT2D eigenvalue weighted by Crippen LogP contribution is 2.35. The molecule has 2 heterocycles. The van der Waals surface area contributed by atoms with E-state index in [1.54, 1.807) is 31.2 Å². The fourth-order valence-corrected chi connectivity index (χ4v) is 4.12. The van der Waals surface area contributed by atoms with Crippen molar-refractivity contribution in [3.63, 3.8) is 0 Å². The molecule has 13 heteroatoms. The average molecular weight is 477 g/mol. The van der Waals surface area contributed by atoms with Gasteiger partial charge in [-0.25, -0.2) is 14.8 Å². The Hall–Kier alpha value is -3.34. The number of carbonyl (C=O) groups excluding carboxylic acids is 2. The second kappa shape index (κ2) is 10.1. The minimum atomic E-state index is -4.67. The van der Waals surface area contributed by atoms with E-state index in [1.807, 2.05) is 6.07 Å². The molecule has 0 radical (unpaired) electrons. The number of benzene rings is 1. The van der Waals surface area contributed by atoms with Crippen LogP contribution in [0.4, 0.5) is 4.79 Å². The van der Waals surface area contributed by atoms with Gasteiger partial charge in [0.2, 0.25) is 5.91 Å². The van der Waals surface area contributed by atoms with Gasteiger partial charge in [-0.05, 0) is 13.0 Å². The third-order valence-electron chi connectivity index (χ3n) is 5.00. The van der Waals surface area contributed by atoms with Crippen molar-refractivity contribution in [3.05, 3.63) is 47.8 Å². The molecule has 33 heavy (non-hydrogen) atoms. The van der Waals surface area contributed by atoms with E-state index in [4.69, 9.17) is 5.11 Å². The number of piperazine rings is 1. The number of carbonyl (C=O) groups is 3. The first kappa shape index (κ1) is 24.3. The molecule has 0 saturated carbocycles. The van der Waals surface area contributed by atoms with E-state index in [-0.39, 0.29) is 31.9 Å². The fourth-order valence-electron chi connectivity index (χ4n) is 3.40. The van der Waals surface area contributed by atoms with Crippen molar-refractivity contribution in [1.29, 1.82) is 0 Å². The zero-order valence-electron chi connectivity index (χ0n) is 17.8. The van der Waals surface area contributed by atoms with Crippen molar-refractivity contribution in [2.24, 2.45) is 0 Å². The second-order valence-electron chi connectivity index (χ2n) is 7.55. The van der Waals surface area contributed by atoms with Gasteiger partial charge in [0, 0.05) is 37.4 Å². The monoisotopic (exact) mass is 477 g/mol. The molecule has 4 N–H and O–H groups in total. The van der Waals surface area contributed by atoms with Crippen molar-refractivity contribution < 1.29 is 33.8 Å². The van der Waals surface area contributed by atoms with Crippen LogP contribution in [0.25, 0.3) is 11.4 Å². The molecule has 0 spiro atoms. The third-order valence-corrected chi connectivity index (χ3v) is 5.85. The van der Waals surface area contributed by atoms with E-state index in [0.29, 0.717) is 17.1 Å². The van der Waals surface area contributed by atoms with E-state index in [1.165, 1.54) is 11.0 Å². The number of aromatic nitrogens is 2. The molecule has 2 aromatic rings. The van der Waals surface area contributed by atoms with Crippen LogP contribution < -0.4 is 5.32 Å². The molecule has 1 atom stereocenters. The Morgan fingerprint density at radius 3 is 2.24 bits per heavy atom. The smallest absolute Gasteiger partial charge is 0.407 e. The van der Waals surface area contributed by atoms with E-state index < -0.39 is 37.7 Å². The quantitative estimate of drug-likeness (QED) is 0.433. The van der Waals surface area contributed by atoms with Gasteiger partial charge in [0.05, 0.1) is 6.16 Å². The first-order valence-corrected chi connectivity index (χ1v) is 11.9. The molecule has 1 aromatic carbocycles. The maximum Gasteiger partial charge on any atom is 0.407 e. The van der Waals surface area contributed by atoms with Crippen molar-refractivity contribution >= 4 is 25.5 Å². The van der Waals surface area contributed by atoms with Crippen molar-refractivity contribution in [3.8, 4) is 11.4 Å². The molecular weight excluding hydrogens is 453 g/mol. The summed E-state index contributed by atoms with van der Waals surface area (Å²) in [6.45, 7) is 1.88. The topological polar surface area (TPSA) is 173 Å². The molecule has 1 aliphatic heterocycles. The summed E-state index contributed by atoms with van der Waals surface area (Å²) in [5.74, 6) is -1.19. The van der Waals surface area contributed by atoms with Crippen LogP contribution in [0.1, 0.15) is 16.2 Å². The third kappa shape index (κ3) is 6.58. The van der Waals surface area contributed by atoms with E-state index >= 15 is 0 Å². The largest absolute Gasteiger partial charge is 0.465 e. The minimum Gasteiger partial charge on any atom is -0.465 e. The van der Waals surface area contributed by atoms with Crippen molar-refractivity contribution in [2.75, 3.05) is 32.3 Å². The lowest BCUT2D eigenvalue weighted by molar-refractivity contribution is -0.134. The predicted molar refractivity (Wildman–Crippen MR) is 117 cm³/mol. The molecule has 3 amide bonds. The molecule has 0 aliphatic carbocycles. The van der Waals surface area contributed by atoms with Crippen molar-refractivity contribution in [1.82, 2.24) is 25.1 Å². The molecule has 1 aromatic heterocycles. The number of nitrogens with zero attached hydrogens (tertiary/aromatic N) is 4. The van der Waals surface area contributed by atoms with Crippen LogP contribution in [-0.4, -0.2) is 91.0 Å². The number of rotatable bonds is 6. The number of hydrogen-bond acceptors (Lipinski definition) is 6. The van der Waals surface area contributed by atoms with Crippen LogP contribution in [-0.2, 0) is 9.36 Å². The molecule has 3 rings (SSSR count). The van der Waals surface area contributed by atoms with Crippen LogP contribution in [0, 0.1) is 6.92 Å². The first-order valence-electron chi connectivity index (χ1n) is 10.1. The van der Waals surface area contributed by atoms with E-state index in [2.05, 4.69) is 15.3 Å². The Morgan fingerprint density at radius 2 is 1.67 bits per heavy atom. The minimum absolute atomic E-state index is 0.0451. The van der Waals surface area contributed by atoms with Gasteiger partial charge < -0.3 is 30.0 Å². The van der Waals surface area contributed by atoms with Gasteiger partial charge >= 0.3 is 13.7 Å². The fraction of sp³-hybridized carbons (Fsp3) is 0.350. The van der Waals surface area contributed by atoms with E-state index in [0.717, 1.165) is 4.90 Å². The molecule has 1 aliphatic rings. The normalized spacial score (nSPS) is 15.1. The molecule has 0 bridgehead atoms. The zero-order chi connectivity index (χ0) is 24.2. The summed E-state index contributed by atoms with van der Waals surface area (Å²) in [6, 6.07) is 8.85. The summed E-state index contributed by atoms with van der Waals surface area (Å²) in [4.78, 5) is 66.8. The van der Waals surface area contributed by atoms with Gasteiger partial charge in [0.15, 0.2) is 5.82 Å². The standard InChI is InChI=1S/C20H24N5O7P/c1-13-11-15(22-17(21-13)14-5-3-2-4-6-14)18(26)23-16(12-33(30,31)32)19(27)24-7-9-25(10-8-24)20(28)29/h2-6,11,16H,7-10,12H2,1H3,(H,23,26)(H,28,29)(H2,30,31,32)/t16-/m0/s1.